The lowest BCUT2D eigenvalue weighted by molar-refractivity contribution is -0.977. The van der Waals surface area contributed by atoms with Gasteiger partial charge in [0.15, 0.2) is 5.65 Å². The second-order valence-electron chi connectivity index (χ2n) is 11.7. The van der Waals surface area contributed by atoms with Crippen molar-refractivity contribution in [2.75, 3.05) is 44.2 Å². The molecule has 246 valence electrons. The molecule has 3 amide bonds. The summed E-state index contributed by atoms with van der Waals surface area (Å²) in [5.41, 5.74) is 5.00. The van der Waals surface area contributed by atoms with Crippen LogP contribution in [0.5, 0.6) is 0 Å². The van der Waals surface area contributed by atoms with Gasteiger partial charge in [-0.3, -0.25) is 4.79 Å². The second kappa shape index (κ2) is 15.9. The number of carbonyl (C=O) groups excluding carboxylic acids is 2. The molecule has 0 spiro atoms. The number of benzene rings is 1. The Hall–Kier alpha value is -2.41. The van der Waals surface area contributed by atoms with Crippen LogP contribution >= 0.6 is 46.9 Å². The summed E-state index contributed by atoms with van der Waals surface area (Å²) in [5.74, 6) is 0.899. The summed E-state index contributed by atoms with van der Waals surface area (Å²) in [7, 11) is 0. The zero-order chi connectivity index (χ0) is 31.3. The Labute approximate surface area is 285 Å². The van der Waals surface area contributed by atoms with E-state index < -0.39 is 0 Å². The van der Waals surface area contributed by atoms with E-state index in [4.69, 9.17) is 37.9 Å². The third-order valence-electron chi connectivity index (χ3n) is 8.27. The van der Waals surface area contributed by atoms with E-state index in [0.717, 1.165) is 59.2 Å². The molecule has 0 aliphatic carbocycles. The van der Waals surface area contributed by atoms with Crippen LogP contribution in [0.15, 0.2) is 30.3 Å². The van der Waals surface area contributed by atoms with Gasteiger partial charge in [-0.15, -0.1) is 23.7 Å². The number of pyridine rings is 1. The first kappa shape index (κ1) is 35.4. The topological polar surface area (TPSA) is 108 Å². The molecule has 3 N–H and O–H groups in total. The molecular formula is C31H43Cl3N7O3S+. The number of ether oxygens (including phenoxy) is 1. The number of hydrogen-bond acceptors (Lipinski definition) is 7. The number of morpholine rings is 1. The summed E-state index contributed by atoms with van der Waals surface area (Å²) in [6, 6.07) is 9.66. The maximum atomic E-state index is 12.8. The maximum absolute atomic E-state index is 12.8. The second-order valence-corrected chi connectivity index (χ2v) is 13.7. The van der Waals surface area contributed by atoms with Gasteiger partial charge >= 0.3 is 6.03 Å². The van der Waals surface area contributed by atoms with Crippen molar-refractivity contribution in [3.05, 3.63) is 50.9 Å². The number of nitrogens with one attached hydrogen (secondary N) is 3. The van der Waals surface area contributed by atoms with Crippen LogP contribution in [0.2, 0.25) is 10.0 Å². The number of halogens is 3. The Kier molecular flexibility index (Phi) is 12.5. The van der Waals surface area contributed by atoms with Gasteiger partial charge in [-0.25, -0.2) is 19.4 Å². The van der Waals surface area contributed by atoms with Gasteiger partial charge in [0.05, 0.1) is 32.0 Å². The van der Waals surface area contributed by atoms with Crippen molar-refractivity contribution in [1.29, 1.82) is 0 Å². The maximum Gasteiger partial charge on any atom is 0.359 e. The number of rotatable bonds is 11. The minimum atomic E-state index is -0.199. The van der Waals surface area contributed by atoms with Gasteiger partial charge in [-0.05, 0) is 45.0 Å². The molecule has 0 radical (unpaired) electrons. The number of thiazole rings is 1. The molecule has 5 rings (SSSR count). The Morgan fingerprint density at radius 2 is 1.87 bits per heavy atom. The fraction of sp³-hybridized carbons (Fsp3) is 0.548. The summed E-state index contributed by atoms with van der Waals surface area (Å²) < 4.78 is 7.28. The Morgan fingerprint density at radius 3 is 2.60 bits per heavy atom. The zero-order valence-corrected chi connectivity index (χ0v) is 29.1. The van der Waals surface area contributed by atoms with Gasteiger partial charge in [-0.2, -0.15) is 5.43 Å². The van der Waals surface area contributed by atoms with Crippen molar-refractivity contribution in [2.45, 2.75) is 71.1 Å². The summed E-state index contributed by atoms with van der Waals surface area (Å²) >= 11 is 14.1. The van der Waals surface area contributed by atoms with E-state index in [-0.39, 0.29) is 42.6 Å². The third kappa shape index (κ3) is 8.90. The Bertz CT molecular complexity index is 1470. The number of urea groups is 1. The number of anilines is 1. The third-order valence-corrected chi connectivity index (χ3v) is 10.1. The molecule has 0 saturated carbocycles. The number of likely N-dealkylation sites (tertiary alicyclic amines) is 1. The number of aromatic nitrogens is 2. The van der Waals surface area contributed by atoms with Crippen LogP contribution in [0.4, 0.5) is 10.6 Å². The normalized spacial score (nSPS) is 23.0. The molecule has 2 saturated heterocycles. The van der Waals surface area contributed by atoms with Gasteiger partial charge in [0.25, 0.3) is 0 Å². The van der Waals surface area contributed by atoms with Crippen molar-refractivity contribution >= 4 is 75.0 Å². The number of nitrogens with zero attached hydrogens (tertiary/aromatic N) is 4. The van der Waals surface area contributed by atoms with E-state index >= 15 is 0 Å². The standard InChI is InChI=1S/C31H41Cl2N7O3S.ClH/c1-4-34-31(42)38-40(15-5-7-25(40)22-8-9-23(32)24(33)17-22)16-6-14-35-28(41)12-13-29-37-30-26(44-29)10-11-27(36-30)39-18-20(2)43-21(3)19-39;/h8-11,17,20-21,25H,4-7,12-16,18-19H2,1-3H3,(H2-,34,35,38,41,42);1H/p+1. The van der Waals surface area contributed by atoms with Gasteiger partial charge in [-0.1, -0.05) is 29.3 Å². The number of carbonyl (C=O) groups is 2. The zero-order valence-electron chi connectivity index (χ0n) is 26.0. The van der Waals surface area contributed by atoms with Crippen LogP contribution in [0.1, 0.15) is 63.1 Å². The van der Waals surface area contributed by atoms with E-state index in [0.29, 0.717) is 53.5 Å². The SMILES string of the molecule is CCNC(=O)N[N+]1(CCCNC(=O)CCc2nc3nc(N4CC(C)OC(C)C4)ccc3s2)CCCC1c1ccc(Cl)c(Cl)c1.Cl. The van der Waals surface area contributed by atoms with Crippen LogP contribution in [-0.4, -0.2) is 78.0 Å². The molecule has 2 aliphatic rings. The molecule has 2 aromatic heterocycles. The van der Waals surface area contributed by atoms with Crippen molar-refractivity contribution < 1.29 is 18.9 Å². The molecule has 10 nitrogen and oxygen atoms in total. The van der Waals surface area contributed by atoms with Crippen molar-refractivity contribution in [1.82, 2.24) is 26.0 Å². The van der Waals surface area contributed by atoms with E-state index in [9.17, 15) is 9.59 Å². The van der Waals surface area contributed by atoms with Crippen LogP contribution < -0.4 is 21.0 Å². The minimum Gasteiger partial charge on any atom is -0.372 e. The first-order valence-corrected chi connectivity index (χ1v) is 17.0. The minimum absolute atomic E-state index is 0. The van der Waals surface area contributed by atoms with Gasteiger partial charge in [0, 0.05) is 63.8 Å². The van der Waals surface area contributed by atoms with E-state index in [1.54, 1.807) is 11.3 Å². The molecule has 4 atom stereocenters. The van der Waals surface area contributed by atoms with Gasteiger partial charge in [0.2, 0.25) is 5.91 Å². The van der Waals surface area contributed by atoms with Crippen molar-refractivity contribution in [3.8, 4) is 0 Å². The predicted molar refractivity (Wildman–Crippen MR) is 183 cm³/mol. The van der Waals surface area contributed by atoms with Crippen LogP contribution in [0.25, 0.3) is 10.3 Å². The summed E-state index contributed by atoms with van der Waals surface area (Å²) in [6.07, 6.45) is 3.82. The average Bonchev–Trinajstić information content (AvgIpc) is 3.59. The lowest BCUT2D eigenvalue weighted by Crippen LogP contribution is -2.62. The summed E-state index contributed by atoms with van der Waals surface area (Å²) in [5, 5.41) is 7.85. The number of quaternary nitrogens is 1. The molecule has 2 fully saturated rings. The highest BCUT2D eigenvalue weighted by atomic mass is 35.5. The van der Waals surface area contributed by atoms with Gasteiger partial charge < -0.3 is 20.3 Å². The van der Waals surface area contributed by atoms with Crippen LogP contribution in [0.3, 0.4) is 0 Å². The highest BCUT2D eigenvalue weighted by Crippen LogP contribution is 2.39. The Morgan fingerprint density at radius 1 is 1.09 bits per heavy atom. The van der Waals surface area contributed by atoms with E-state index in [2.05, 4.69) is 40.9 Å². The first-order chi connectivity index (χ1) is 21.2. The summed E-state index contributed by atoms with van der Waals surface area (Å²) in [6.45, 7) is 10.2. The number of fused-ring (bicyclic) bond motifs is 1. The molecule has 4 unspecified atom stereocenters. The molecule has 0 bridgehead atoms. The first-order valence-electron chi connectivity index (χ1n) is 15.5. The molecule has 14 heteroatoms. The van der Waals surface area contributed by atoms with Crippen molar-refractivity contribution in [2.24, 2.45) is 0 Å². The lowest BCUT2D eigenvalue weighted by Gasteiger charge is -2.39. The van der Waals surface area contributed by atoms with Crippen molar-refractivity contribution in [3.63, 3.8) is 0 Å². The predicted octanol–water partition coefficient (Wildman–Crippen LogP) is 6.06. The smallest absolute Gasteiger partial charge is 0.359 e. The fourth-order valence-corrected chi connectivity index (χ4v) is 7.62. The average molecular weight is 700 g/mol. The molecule has 3 aromatic rings. The monoisotopic (exact) mass is 698 g/mol. The molecule has 45 heavy (non-hydrogen) atoms. The number of aryl methyl sites for hydroxylation is 1. The number of hydrogen-bond donors (Lipinski definition) is 3. The van der Waals surface area contributed by atoms with E-state index in [1.165, 1.54) is 0 Å². The fourth-order valence-electron chi connectivity index (χ4n) is 6.40. The lowest BCUT2D eigenvalue weighted by atomic mass is 10.0. The largest absolute Gasteiger partial charge is 0.372 e. The highest BCUT2D eigenvalue weighted by molar-refractivity contribution is 7.18. The Balaban J connectivity index is 0.00000461. The molecule has 1 aromatic carbocycles. The van der Waals surface area contributed by atoms with Crippen LogP contribution in [-0.2, 0) is 16.0 Å². The molecule has 4 heterocycles. The van der Waals surface area contributed by atoms with E-state index in [1.807, 2.05) is 31.2 Å². The summed E-state index contributed by atoms with van der Waals surface area (Å²) in [4.78, 5) is 37.2. The molecule has 2 aliphatic heterocycles. The quantitative estimate of drug-likeness (QED) is 0.166. The molecular weight excluding hydrogens is 657 g/mol. The highest BCUT2D eigenvalue weighted by Gasteiger charge is 2.44. The van der Waals surface area contributed by atoms with Gasteiger partial charge in [0.1, 0.15) is 24.9 Å². The van der Waals surface area contributed by atoms with Crippen LogP contribution in [0, 0.1) is 0 Å². The number of amides is 3.